The fourth-order valence-corrected chi connectivity index (χ4v) is 16.2. The molecule has 7 heteroatoms. The van der Waals surface area contributed by atoms with Crippen LogP contribution in [-0.2, 0) is 11.8 Å². The van der Waals surface area contributed by atoms with Crippen molar-refractivity contribution in [1.82, 2.24) is 33.6 Å². The van der Waals surface area contributed by atoms with Gasteiger partial charge in [-0.05, 0) is 129 Å². The van der Waals surface area contributed by atoms with Crippen molar-refractivity contribution in [2.24, 2.45) is 0 Å². The molecule has 0 amide bonds. The smallest absolute Gasteiger partial charge is 0.238 e. The van der Waals surface area contributed by atoms with Crippen LogP contribution in [0.3, 0.4) is 0 Å². The molecule has 0 aliphatic heterocycles. The van der Waals surface area contributed by atoms with Crippen LogP contribution in [0.1, 0.15) is 33.4 Å². The molecule has 2 aliphatic carbocycles. The number of hydrogen-bond acceptors (Lipinski definition) is 3. The third-order valence-electron chi connectivity index (χ3n) is 19.7. The molecule has 418 valence electrons. The first kappa shape index (κ1) is 49.2. The molecule has 7 nitrogen and oxygen atoms in total. The van der Waals surface area contributed by atoms with Crippen LogP contribution in [-0.4, -0.2) is 33.6 Å². The summed E-state index contributed by atoms with van der Waals surface area (Å²) in [4.78, 5) is 20.6. The predicted molar refractivity (Wildman–Crippen MR) is 369 cm³/mol. The molecule has 1 N–H and O–H groups in total. The second kappa shape index (κ2) is 18.5. The number of nitrogens with one attached hydrogen (secondary N) is 1. The first-order chi connectivity index (χ1) is 44.7. The van der Waals surface area contributed by atoms with Gasteiger partial charge in [-0.1, -0.05) is 224 Å². The van der Waals surface area contributed by atoms with Gasteiger partial charge in [0.25, 0.3) is 0 Å². The second-order valence-corrected chi connectivity index (χ2v) is 24.2. The van der Waals surface area contributed by atoms with E-state index in [2.05, 4.69) is 304 Å². The fraction of sp³-hybridized carbons (Fsp3) is 0.0241. The molecule has 13 aromatic carbocycles. The molecule has 20 rings (SSSR count). The van der Waals surface area contributed by atoms with Crippen LogP contribution in [0.15, 0.2) is 291 Å². The maximum Gasteiger partial charge on any atom is 0.238 e. The van der Waals surface area contributed by atoms with Crippen molar-refractivity contribution in [1.29, 1.82) is 0 Å². The van der Waals surface area contributed by atoms with Gasteiger partial charge in [-0.15, -0.1) is 0 Å². The normalized spacial score (nSPS) is 13.0. The molecule has 0 saturated heterocycles. The Kier molecular flexibility index (Phi) is 10.1. The van der Waals surface area contributed by atoms with Gasteiger partial charge < -0.3 is 14.1 Å². The third kappa shape index (κ3) is 6.64. The molecule has 5 heterocycles. The molecule has 0 bridgehead atoms. The number of fused-ring (bicyclic) bond motifs is 24. The van der Waals surface area contributed by atoms with Crippen LogP contribution in [0.2, 0.25) is 0 Å². The molecule has 1 spiro atoms. The Hall–Kier alpha value is -11.9. The van der Waals surface area contributed by atoms with Crippen molar-refractivity contribution in [3.63, 3.8) is 0 Å². The summed E-state index contributed by atoms with van der Waals surface area (Å²) in [7, 11) is 0. The predicted octanol–water partition coefficient (Wildman–Crippen LogP) is 20.1. The molecular formula is C83H51N7. The SMILES string of the molecule is c1ccc(-c2nc(-c3cccc4c3-c3ccccc3C43c4ccccc4-c4ccccc43)nc(-n3c4ccccc4c4c5c6ccccc6n(-c6cccc(Cc7cccc8c7[nH]c7ccc9c(c%10ccccc%10n9-c9ccccc9)c78)c6)c5ccc43)n2)cc1. The first-order valence-electron chi connectivity index (χ1n) is 31.0. The van der Waals surface area contributed by atoms with E-state index in [9.17, 15) is 0 Å². The highest BCUT2D eigenvalue weighted by Gasteiger charge is 2.52. The van der Waals surface area contributed by atoms with E-state index in [1.54, 1.807) is 0 Å². The Morgan fingerprint density at radius 3 is 1.49 bits per heavy atom. The number of hydrogen-bond donors (Lipinski definition) is 1. The van der Waals surface area contributed by atoms with Crippen molar-refractivity contribution in [3.05, 3.63) is 325 Å². The van der Waals surface area contributed by atoms with Gasteiger partial charge in [-0.25, -0.2) is 4.98 Å². The molecule has 5 aromatic heterocycles. The van der Waals surface area contributed by atoms with E-state index < -0.39 is 5.41 Å². The van der Waals surface area contributed by atoms with Crippen LogP contribution in [0, 0.1) is 0 Å². The van der Waals surface area contributed by atoms with Gasteiger partial charge in [0.2, 0.25) is 5.95 Å². The van der Waals surface area contributed by atoms with Crippen LogP contribution < -0.4 is 0 Å². The summed E-state index contributed by atoms with van der Waals surface area (Å²) in [5, 5.41) is 9.66. The molecule has 90 heavy (non-hydrogen) atoms. The summed E-state index contributed by atoms with van der Waals surface area (Å²) >= 11 is 0. The highest BCUT2D eigenvalue weighted by Crippen LogP contribution is 2.64. The molecule has 0 fully saturated rings. The van der Waals surface area contributed by atoms with Crippen LogP contribution >= 0.6 is 0 Å². The molecule has 2 aliphatic rings. The summed E-state index contributed by atoms with van der Waals surface area (Å²) in [5.41, 5.74) is 25.1. The van der Waals surface area contributed by atoms with Gasteiger partial charge in [0.05, 0.1) is 44.0 Å². The lowest BCUT2D eigenvalue weighted by Crippen LogP contribution is -2.25. The van der Waals surface area contributed by atoms with E-state index in [1.165, 1.54) is 98.9 Å². The molecule has 0 radical (unpaired) electrons. The number of rotatable bonds is 7. The molecule has 18 aromatic rings. The van der Waals surface area contributed by atoms with Crippen molar-refractivity contribution in [2.45, 2.75) is 11.8 Å². The quantitative estimate of drug-likeness (QED) is 0.173. The van der Waals surface area contributed by atoms with Gasteiger partial charge >= 0.3 is 0 Å². The minimum atomic E-state index is -0.514. The van der Waals surface area contributed by atoms with E-state index in [-0.39, 0.29) is 0 Å². The van der Waals surface area contributed by atoms with E-state index in [4.69, 9.17) is 15.0 Å². The van der Waals surface area contributed by atoms with Crippen LogP contribution in [0.5, 0.6) is 0 Å². The monoisotopic (exact) mass is 1150 g/mol. The average molecular weight is 1150 g/mol. The Morgan fingerprint density at radius 1 is 0.322 bits per heavy atom. The average Bonchev–Trinajstić information content (AvgIpc) is 1.52. The lowest BCUT2D eigenvalue weighted by molar-refractivity contribution is 0.794. The fourth-order valence-electron chi connectivity index (χ4n) is 16.2. The van der Waals surface area contributed by atoms with Gasteiger partial charge in [0.15, 0.2) is 11.6 Å². The lowest BCUT2D eigenvalue weighted by atomic mass is 9.70. The second-order valence-electron chi connectivity index (χ2n) is 24.2. The first-order valence-corrected chi connectivity index (χ1v) is 31.0. The van der Waals surface area contributed by atoms with E-state index >= 15 is 0 Å². The highest BCUT2D eigenvalue weighted by molar-refractivity contribution is 6.30. The van der Waals surface area contributed by atoms with Gasteiger partial charge in [0, 0.05) is 71.1 Å². The van der Waals surface area contributed by atoms with Crippen molar-refractivity contribution in [2.75, 3.05) is 0 Å². The van der Waals surface area contributed by atoms with Gasteiger partial charge in [-0.2, -0.15) is 9.97 Å². The maximum atomic E-state index is 5.67. The van der Waals surface area contributed by atoms with Crippen molar-refractivity contribution >= 4 is 87.2 Å². The standard InChI is InChI=1S/C83H51N7/c1-3-23-51(24-4-1)80-85-81(62-36-21-40-66-74(62)57-31-9-15-39-65(57)83(66)63-37-13-7-29-55(63)56-30-8-14-38-64(56)83)87-82(86-80)90-70-43-18-12-34-60(70)78-73(90)47-46-72-77(78)59-33-11-17-42-69(59)89(72)54-28-19-22-50(49-54)48-52-25-20-35-61-75-67(84-79(52)61)44-45-71-76(75)58-32-10-16-41-68(58)88(71)53-26-5-2-6-27-53/h1-47,49,84H,48H2. The molecular weight excluding hydrogens is 1090 g/mol. The number of nitrogens with zero attached hydrogens (tertiary/aromatic N) is 6. The number of H-pyrrole nitrogens is 1. The maximum absolute atomic E-state index is 5.67. The van der Waals surface area contributed by atoms with Crippen molar-refractivity contribution in [3.8, 4) is 62.4 Å². The van der Waals surface area contributed by atoms with Crippen LogP contribution in [0.25, 0.3) is 150 Å². The summed E-state index contributed by atoms with van der Waals surface area (Å²) in [5.74, 6) is 1.79. The number of aromatic amines is 1. The summed E-state index contributed by atoms with van der Waals surface area (Å²) in [6, 6.07) is 106. The third-order valence-corrected chi connectivity index (χ3v) is 19.7. The Balaban J connectivity index is 0.752. The number of aromatic nitrogens is 7. The Morgan fingerprint density at radius 2 is 0.800 bits per heavy atom. The number of para-hydroxylation sites is 5. The van der Waals surface area contributed by atoms with E-state index in [1.807, 2.05) is 6.07 Å². The van der Waals surface area contributed by atoms with Crippen molar-refractivity contribution < 1.29 is 0 Å². The molecule has 0 unspecified atom stereocenters. The summed E-state index contributed by atoms with van der Waals surface area (Å²) in [6.45, 7) is 0. The summed E-state index contributed by atoms with van der Waals surface area (Å²) < 4.78 is 7.13. The minimum absolute atomic E-state index is 0.514. The Bertz CT molecular complexity index is 6030. The summed E-state index contributed by atoms with van der Waals surface area (Å²) in [6.07, 6.45) is 0.752. The Labute approximate surface area is 516 Å². The van der Waals surface area contributed by atoms with Gasteiger partial charge in [0.1, 0.15) is 0 Å². The molecule has 0 saturated carbocycles. The van der Waals surface area contributed by atoms with Crippen LogP contribution in [0.4, 0.5) is 0 Å². The van der Waals surface area contributed by atoms with E-state index in [0.717, 1.165) is 72.8 Å². The highest BCUT2D eigenvalue weighted by atomic mass is 15.2. The minimum Gasteiger partial charge on any atom is -0.354 e. The lowest BCUT2D eigenvalue weighted by Gasteiger charge is -2.30. The van der Waals surface area contributed by atoms with Gasteiger partial charge in [-0.3, -0.25) is 4.57 Å². The molecule has 0 atom stereocenters. The van der Waals surface area contributed by atoms with E-state index in [0.29, 0.717) is 17.6 Å². The number of benzene rings is 13. The topological polar surface area (TPSA) is 69.2 Å². The zero-order valence-corrected chi connectivity index (χ0v) is 48.6. The zero-order chi connectivity index (χ0) is 58.8. The largest absolute Gasteiger partial charge is 0.354 e. The zero-order valence-electron chi connectivity index (χ0n) is 48.6.